The average molecular weight is 448 g/mol. The second kappa shape index (κ2) is 9.50. The van der Waals surface area contributed by atoms with Gasteiger partial charge in [0.1, 0.15) is 0 Å². The van der Waals surface area contributed by atoms with Crippen LogP contribution in [0.1, 0.15) is 23.1 Å². The van der Waals surface area contributed by atoms with Gasteiger partial charge in [-0.1, -0.05) is 41.9 Å². The fourth-order valence-corrected chi connectivity index (χ4v) is 4.11. The Bertz CT molecular complexity index is 1190. The molecule has 4 rings (SSSR count). The Morgan fingerprint density at radius 1 is 0.968 bits per heavy atom. The SMILES string of the molecule is Cc1ccc(NC(=O)CSC2=Nc3ccccc3N=C(c3ccc(Cl)cc3)C2)cc1C. The summed E-state index contributed by atoms with van der Waals surface area (Å²) in [5.41, 5.74) is 6.69. The van der Waals surface area contributed by atoms with Crippen LogP contribution >= 0.6 is 23.4 Å². The maximum Gasteiger partial charge on any atom is 0.234 e. The van der Waals surface area contributed by atoms with Gasteiger partial charge < -0.3 is 5.32 Å². The molecule has 3 aromatic rings. The predicted octanol–water partition coefficient (Wildman–Crippen LogP) is 6.88. The highest BCUT2D eigenvalue weighted by atomic mass is 35.5. The number of carbonyl (C=O) groups is 1. The Morgan fingerprint density at radius 3 is 2.39 bits per heavy atom. The third-order valence-electron chi connectivity index (χ3n) is 5.04. The highest BCUT2D eigenvalue weighted by Crippen LogP contribution is 2.33. The van der Waals surface area contributed by atoms with E-state index in [1.807, 2.05) is 73.7 Å². The van der Waals surface area contributed by atoms with E-state index >= 15 is 0 Å². The van der Waals surface area contributed by atoms with Crippen molar-refractivity contribution in [2.24, 2.45) is 9.98 Å². The molecule has 0 aliphatic carbocycles. The van der Waals surface area contributed by atoms with Gasteiger partial charge in [-0.05, 0) is 66.9 Å². The van der Waals surface area contributed by atoms with Gasteiger partial charge in [0.2, 0.25) is 5.91 Å². The number of thioether (sulfide) groups is 1. The van der Waals surface area contributed by atoms with Gasteiger partial charge in [0.15, 0.2) is 0 Å². The Balaban J connectivity index is 1.51. The number of benzene rings is 3. The number of anilines is 1. The van der Waals surface area contributed by atoms with Gasteiger partial charge in [-0.2, -0.15) is 0 Å². The minimum absolute atomic E-state index is 0.0570. The summed E-state index contributed by atoms with van der Waals surface area (Å²) in [5, 5.41) is 4.51. The van der Waals surface area contributed by atoms with Crippen molar-refractivity contribution in [3.05, 3.63) is 88.4 Å². The van der Waals surface area contributed by atoms with Crippen molar-refractivity contribution < 1.29 is 4.79 Å². The van der Waals surface area contributed by atoms with Crippen LogP contribution < -0.4 is 5.32 Å². The second-order valence-corrected chi connectivity index (χ2v) is 8.86. The van der Waals surface area contributed by atoms with E-state index in [1.165, 1.54) is 17.3 Å². The van der Waals surface area contributed by atoms with E-state index in [0.717, 1.165) is 38.9 Å². The van der Waals surface area contributed by atoms with Crippen LogP contribution in [-0.2, 0) is 4.79 Å². The third-order valence-corrected chi connectivity index (χ3v) is 6.27. The first-order chi connectivity index (χ1) is 15.0. The number of hydrogen-bond donors (Lipinski definition) is 1. The first-order valence-corrected chi connectivity index (χ1v) is 11.3. The quantitative estimate of drug-likeness (QED) is 0.473. The fourth-order valence-electron chi connectivity index (χ4n) is 3.21. The molecule has 0 saturated heterocycles. The van der Waals surface area contributed by atoms with Gasteiger partial charge in [0, 0.05) is 17.1 Å². The summed E-state index contributed by atoms with van der Waals surface area (Å²) < 4.78 is 0. The van der Waals surface area contributed by atoms with Gasteiger partial charge in [-0.15, -0.1) is 11.8 Å². The molecule has 1 heterocycles. The van der Waals surface area contributed by atoms with Crippen LogP contribution in [0.2, 0.25) is 5.02 Å². The molecule has 1 aliphatic rings. The van der Waals surface area contributed by atoms with Gasteiger partial charge >= 0.3 is 0 Å². The summed E-state index contributed by atoms with van der Waals surface area (Å²) >= 11 is 7.49. The lowest BCUT2D eigenvalue weighted by atomic mass is 10.1. The second-order valence-electron chi connectivity index (χ2n) is 7.37. The maximum atomic E-state index is 12.5. The fraction of sp³-hybridized carbons (Fsp3) is 0.160. The number of para-hydroxylation sites is 2. The van der Waals surface area contributed by atoms with Crippen molar-refractivity contribution in [1.82, 2.24) is 0 Å². The predicted molar refractivity (Wildman–Crippen MR) is 133 cm³/mol. The number of aliphatic imine (C=N–C) groups is 2. The number of fused-ring (bicyclic) bond motifs is 1. The van der Waals surface area contributed by atoms with E-state index < -0.39 is 0 Å². The Hall–Kier alpha value is -2.89. The monoisotopic (exact) mass is 447 g/mol. The first kappa shape index (κ1) is 21.3. The van der Waals surface area contributed by atoms with Crippen LogP contribution in [0, 0.1) is 13.8 Å². The molecule has 3 aromatic carbocycles. The molecular weight excluding hydrogens is 426 g/mol. The van der Waals surface area contributed by atoms with Gasteiger partial charge in [-0.3, -0.25) is 9.79 Å². The summed E-state index contributed by atoms with van der Waals surface area (Å²) in [6.45, 7) is 4.09. The van der Waals surface area contributed by atoms with E-state index in [4.69, 9.17) is 21.6 Å². The normalized spacial score (nSPS) is 13.0. The number of nitrogens with zero attached hydrogens (tertiary/aromatic N) is 2. The number of nitrogens with one attached hydrogen (secondary N) is 1. The molecule has 1 N–H and O–H groups in total. The van der Waals surface area contributed by atoms with Gasteiger partial charge in [0.25, 0.3) is 0 Å². The number of hydrogen-bond acceptors (Lipinski definition) is 4. The Kier molecular flexibility index (Phi) is 6.54. The summed E-state index contributed by atoms with van der Waals surface area (Å²) in [4.78, 5) is 22.2. The molecule has 0 aromatic heterocycles. The Labute approximate surface area is 191 Å². The zero-order valence-corrected chi connectivity index (χ0v) is 18.9. The number of amides is 1. The summed E-state index contributed by atoms with van der Waals surface area (Å²) in [6.07, 6.45) is 0.553. The van der Waals surface area contributed by atoms with Crippen molar-refractivity contribution in [1.29, 1.82) is 0 Å². The minimum atomic E-state index is -0.0570. The van der Waals surface area contributed by atoms with E-state index in [-0.39, 0.29) is 11.7 Å². The molecule has 0 spiro atoms. The molecule has 31 heavy (non-hydrogen) atoms. The van der Waals surface area contributed by atoms with E-state index in [9.17, 15) is 4.79 Å². The zero-order valence-electron chi connectivity index (χ0n) is 17.4. The highest BCUT2D eigenvalue weighted by Gasteiger charge is 2.16. The summed E-state index contributed by atoms with van der Waals surface area (Å²) in [7, 11) is 0. The van der Waals surface area contributed by atoms with E-state index in [0.29, 0.717) is 11.4 Å². The number of carbonyl (C=O) groups excluding carboxylic acids is 1. The van der Waals surface area contributed by atoms with Crippen molar-refractivity contribution in [3.63, 3.8) is 0 Å². The van der Waals surface area contributed by atoms with Gasteiger partial charge in [-0.25, -0.2) is 4.99 Å². The molecule has 0 fully saturated rings. The van der Waals surface area contributed by atoms with Crippen LogP contribution in [0.3, 0.4) is 0 Å². The van der Waals surface area contributed by atoms with Crippen molar-refractivity contribution in [3.8, 4) is 0 Å². The summed E-state index contributed by atoms with van der Waals surface area (Å²) in [6, 6.07) is 21.4. The van der Waals surface area contributed by atoms with E-state index in [1.54, 1.807) is 0 Å². The van der Waals surface area contributed by atoms with Crippen LogP contribution in [0.15, 0.2) is 76.7 Å². The van der Waals surface area contributed by atoms with Crippen LogP contribution in [-0.4, -0.2) is 22.4 Å². The average Bonchev–Trinajstić information content (AvgIpc) is 2.95. The molecule has 0 saturated carbocycles. The standard InChI is InChI=1S/C25H22ClN3OS/c1-16-7-12-20(13-17(16)2)27-24(30)15-31-25-14-23(18-8-10-19(26)11-9-18)28-21-5-3-4-6-22(21)29-25/h3-13H,14-15H2,1-2H3,(H,27,30). The molecule has 4 nitrogen and oxygen atoms in total. The number of halogens is 1. The lowest BCUT2D eigenvalue weighted by Gasteiger charge is -2.09. The van der Waals surface area contributed by atoms with Crippen molar-refractivity contribution >= 4 is 57.1 Å². The van der Waals surface area contributed by atoms with Crippen LogP contribution in [0.25, 0.3) is 0 Å². The summed E-state index contributed by atoms with van der Waals surface area (Å²) in [5.74, 6) is 0.223. The molecule has 1 aliphatic heterocycles. The first-order valence-electron chi connectivity index (χ1n) is 9.98. The largest absolute Gasteiger partial charge is 0.325 e. The molecule has 1 amide bonds. The van der Waals surface area contributed by atoms with E-state index in [2.05, 4.69) is 12.2 Å². The maximum absolute atomic E-state index is 12.5. The lowest BCUT2D eigenvalue weighted by Crippen LogP contribution is -2.16. The molecule has 6 heteroatoms. The zero-order chi connectivity index (χ0) is 21.8. The molecule has 156 valence electrons. The molecule has 0 atom stereocenters. The molecule has 0 radical (unpaired) electrons. The number of rotatable bonds is 4. The van der Waals surface area contributed by atoms with Crippen LogP contribution in [0.5, 0.6) is 0 Å². The molecular formula is C25H22ClN3OS. The Morgan fingerprint density at radius 2 is 1.68 bits per heavy atom. The molecule has 0 bridgehead atoms. The van der Waals surface area contributed by atoms with Gasteiger partial charge in [0.05, 0.1) is 27.9 Å². The van der Waals surface area contributed by atoms with Crippen molar-refractivity contribution in [2.45, 2.75) is 20.3 Å². The highest BCUT2D eigenvalue weighted by molar-refractivity contribution is 8.14. The topological polar surface area (TPSA) is 53.8 Å². The van der Waals surface area contributed by atoms with Crippen LogP contribution in [0.4, 0.5) is 17.1 Å². The minimum Gasteiger partial charge on any atom is -0.325 e. The smallest absolute Gasteiger partial charge is 0.234 e. The third kappa shape index (κ3) is 5.43. The lowest BCUT2D eigenvalue weighted by molar-refractivity contribution is -0.113. The molecule has 0 unspecified atom stereocenters. The number of aryl methyl sites for hydroxylation is 2. The van der Waals surface area contributed by atoms with Crippen molar-refractivity contribution in [2.75, 3.05) is 11.1 Å².